The van der Waals surface area contributed by atoms with Crippen LogP contribution < -0.4 is 4.52 Å². The van der Waals surface area contributed by atoms with Gasteiger partial charge in [-0.05, 0) is 6.07 Å². The van der Waals surface area contributed by atoms with Crippen molar-refractivity contribution in [1.82, 2.24) is 5.10 Å². The maximum absolute atomic E-state index is 10.4. The Bertz CT molecular complexity index is 920. The number of aromatic nitrogens is 2. The summed E-state index contributed by atoms with van der Waals surface area (Å²) in [4.78, 5) is 1.80. The molecule has 2 heterocycles. The average Bonchev–Trinajstić information content (AvgIpc) is 2.86. The van der Waals surface area contributed by atoms with E-state index in [2.05, 4.69) is 11.2 Å². The van der Waals surface area contributed by atoms with E-state index in [1.54, 1.807) is 22.0 Å². The van der Waals surface area contributed by atoms with Crippen molar-refractivity contribution in [2.75, 3.05) is 0 Å². The van der Waals surface area contributed by atoms with E-state index < -0.39 is 0 Å². The first-order chi connectivity index (χ1) is 9.84. The monoisotopic (exact) mass is 296 g/mol. The summed E-state index contributed by atoms with van der Waals surface area (Å²) in [7, 11) is 0. The molecule has 4 rings (SSSR count). The van der Waals surface area contributed by atoms with Crippen LogP contribution in [0.5, 0.6) is 5.88 Å². The number of thiazole rings is 1. The summed E-state index contributed by atoms with van der Waals surface area (Å²) < 4.78 is 1.61. The van der Waals surface area contributed by atoms with Crippen molar-refractivity contribution < 1.29 is 15.1 Å². The van der Waals surface area contributed by atoms with Crippen LogP contribution >= 0.6 is 11.3 Å². The molecule has 5 heteroatoms. The molecule has 0 aliphatic rings. The molecular formula is C16H12N2O2S. The van der Waals surface area contributed by atoms with E-state index in [1.807, 2.05) is 48.5 Å². The number of nitrogens with zero attached hydrogens (tertiary/aromatic N) is 2. The van der Waals surface area contributed by atoms with Gasteiger partial charge >= 0.3 is 10.7 Å². The number of aromatic hydroxyl groups is 1. The minimum atomic E-state index is 0. The van der Waals surface area contributed by atoms with Crippen molar-refractivity contribution in [3.63, 3.8) is 0 Å². The van der Waals surface area contributed by atoms with Crippen LogP contribution in [0.1, 0.15) is 0 Å². The molecule has 2 N–H and O–H groups in total. The largest absolute Gasteiger partial charge is 0.870 e. The lowest BCUT2D eigenvalue weighted by atomic mass is 10.2. The molecule has 0 fully saturated rings. The van der Waals surface area contributed by atoms with Crippen LogP contribution in [0, 0.1) is 0 Å². The van der Waals surface area contributed by atoms with Gasteiger partial charge in [0.2, 0.25) is 0 Å². The number of hydrogen-bond donors (Lipinski definition) is 1. The molecule has 0 unspecified atom stereocenters. The molecule has 4 aromatic rings. The van der Waals surface area contributed by atoms with Crippen LogP contribution in [0.25, 0.3) is 26.0 Å². The Hall–Kier alpha value is -2.50. The number of fused-ring (bicyclic) bond motifs is 3. The maximum Gasteiger partial charge on any atom is 0.416 e. The van der Waals surface area contributed by atoms with Crippen molar-refractivity contribution in [3.8, 4) is 16.3 Å². The molecule has 0 saturated heterocycles. The zero-order valence-corrected chi connectivity index (χ0v) is 11.8. The summed E-state index contributed by atoms with van der Waals surface area (Å²) in [6.07, 6.45) is 1.78. The van der Waals surface area contributed by atoms with E-state index >= 15 is 0 Å². The zero-order valence-electron chi connectivity index (χ0n) is 11.0. The maximum atomic E-state index is 10.4. The second kappa shape index (κ2) is 5.12. The van der Waals surface area contributed by atoms with Gasteiger partial charge in [-0.15, -0.1) is 0 Å². The third-order valence-electron chi connectivity index (χ3n) is 3.33. The Kier molecular flexibility index (Phi) is 3.29. The summed E-state index contributed by atoms with van der Waals surface area (Å²) in [6, 6.07) is 18.0. The zero-order chi connectivity index (χ0) is 13.5. The average molecular weight is 296 g/mol. The van der Waals surface area contributed by atoms with Gasteiger partial charge in [0, 0.05) is 20.6 Å². The Morgan fingerprint density at radius 1 is 0.952 bits per heavy atom. The van der Waals surface area contributed by atoms with Crippen molar-refractivity contribution in [2.45, 2.75) is 0 Å². The Balaban J connectivity index is 0.00000132. The van der Waals surface area contributed by atoms with Gasteiger partial charge in [-0.2, -0.15) is 0 Å². The summed E-state index contributed by atoms with van der Waals surface area (Å²) >= 11 is 1.56. The van der Waals surface area contributed by atoms with E-state index in [4.69, 9.17) is 0 Å². The fourth-order valence-electron chi connectivity index (χ4n) is 2.36. The first kappa shape index (κ1) is 13.5. The smallest absolute Gasteiger partial charge is 0.416 e. The number of hydrogen-bond acceptors (Lipinski definition) is 4. The lowest BCUT2D eigenvalue weighted by Gasteiger charge is -1.91. The third kappa shape index (κ3) is 2.03. The first-order valence-corrected chi connectivity index (χ1v) is 7.13. The molecule has 21 heavy (non-hydrogen) atoms. The first-order valence-electron chi connectivity index (χ1n) is 6.31. The SMILES string of the molecule is Oc1c(-c2ccccc2)sc2c3ccccc3cn[n+]12.[OH-]. The summed E-state index contributed by atoms with van der Waals surface area (Å²) in [6.45, 7) is 0. The van der Waals surface area contributed by atoms with Gasteiger partial charge in [-0.1, -0.05) is 59.9 Å². The number of benzene rings is 2. The lowest BCUT2D eigenvalue weighted by Crippen LogP contribution is -2.23. The number of rotatable bonds is 1. The molecule has 0 spiro atoms. The quantitative estimate of drug-likeness (QED) is 0.548. The van der Waals surface area contributed by atoms with Gasteiger partial charge in [0.1, 0.15) is 6.20 Å². The molecule has 0 radical (unpaired) electrons. The fourth-order valence-corrected chi connectivity index (χ4v) is 3.50. The Labute approximate surface area is 124 Å². The molecule has 0 amide bonds. The molecule has 0 bridgehead atoms. The van der Waals surface area contributed by atoms with E-state index in [9.17, 15) is 5.11 Å². The molecule has 0 aliphatic carbocycles. The highest BCUT2D eigenvalue weighted by Gasteiger charge is 2.25. The van der Waals surface area contributed by atoms with Gasteiger partial charge in [-0.3, -0.25) is 0 Å². The third-order valence-corrected chi connectivity index (χ3v) is 4.54. The molecule has 0 saturated carbocycles. The summed E-state index contributed by atoms with van der Waals surface area (Å²) in [5.41, 5.74) is 1.00. The summed E-state index contributed by atoms with van der Waals surface area (Å²) in [5, 5.41) is 16.9. The van der Waals surface area contributed by atoms with Crippen LogP contribution in [0.15, 0.2) is 60.8 Å². The highest BCUT2D eigenvalue weighted by atomic mass is 32.1. The topological polar surface area (TPSA) is 67.2 Å². The molecular weight excluding hydrogens is 284 g/mol. The van der Waals surface area contributed by atoms with Crippen LogP contribution in [0.3, 0.4) is 0 Å². The van der Waals surface area contributed by atoms with Crippen LogP contribution in [0.2, 0.25) is 0 Å². The van der Waals surface area contributed by atoms with E-state index in [1.165, 1.54) is 0 Å². The molecule has 0 aliphatic heterocycles. The van der Waals surface area contributed by atoms with Crippen molar-refractivity contribution >= 4 is 26.9 Å². The van der Waals surface area contributed by atoms with Crippen LogP contribution in [-0.4, -0.2) is 15.7 Å². The molecule has 0 atom stereocenters. The van der Waals surface area contributed by atoms with Gasteiger partial charge in [0.15, 0.2) is 4.88 Å². The van der Waals surface area contributed by atoms with E-state index in [0.717, 1.165) is 26.0 Å². The standard InChI is InChI=1S/C16H10N2OS.H2O/c19-15-14(11-6-2-1-3-7-11)20-16-13-9-5-4-8-12(13)10-17-18(15)16;/h1-10H;1H2. The van der Waals surface area contributed by atoms with Crippen molar-refractivity contribution in [2.24, 2.45) is 0 Å². The van der Waals surface area contributed by atoms with Gasteiger partial charge in [0.05, 0.1) is 5.39 Å². The highest BCUT2D eigenvalue weighted by Crippen LogP contribution is 2.35. The van der Waals surface area contributed by atoms with Crippen molar-refractivity contribution in [1.29, 1.82) is 0 Å². The van der Waals surface area contributed by atoms with Crippen molar-refractivity contribution in [3.05, 3.63) is 60.8 Å². The van der Waals surface area contributed by atoms with Gasteiger partial charge < -0.3 is 10.6 Å². The lowest BCUT2D eigenvalue weighted by molar-refractivity contribution is -0.583. The Morgan fingerprint density at radius 2 is 1.67 bits per heavy atom. The van der Waals surface area contributed by atoms with Crippen LogP contribution in [-0.2, 0) is 0 Å². The predicted octanol–water partition coefficient (Wildman–Crippen LogP) is 3.23. The minimum Gasteiger partial charge on any atom is -0.870 e. The highest BCUT2D eigenvalue weighted by molar-refractivity contribution is 7.21. The Morgan fingerprint density at radius 3 is 2.48 bits per heavy atom. The van der Waals surface area contributed by atoms with Gasteiger partial charge in [0.25, 0.3) is 0 Å². The van der Waals surface area contributed by atoms with E-state index in [0.29, 0.717) is 0 Å². The predicted molar refractivity (Wildman–Crippen MR) is 81.8 cm³/mol. The van der Waals surface area contributed by atoms with E-state index in [-0.39, 0.29) is 11.4 Å². The van der Waals surface area contributed by atoms with Gasteiger partial charge in [-0.25, -0.2) is 0 Å². The minimum absolute atomic E-state index is 0. The molecule has 2 aromatic carbocycles. The summed E-state index contributed by atoms with van der Waals surface area (Å²) in [5.74, 6) is 0.196. The van der Waals surface area contributed by atoms with Crippen LogP contribution in [0.4, 0.5) is 0 Å². The second-order valence-corrected chi connectivity index (χ2v) is 5.57. The molecule has 4 nitrogen and oxygen atoms in total. The normalized spacial score (nSPS) is 10.7. The second-order valence-electron chi connectivity index (χ2n) is 4.57. The molecule has 104 valence electrons. The molecule has 2 aromatic heterocycles. The fraction of sp³-hybridized carbons (Fsp3) is 0.